The van der Waals surface area contributed by atoms with Gasteiger partial charge in [0.1, 0.15) is 6.54 Å². The van der Waals surface area contributed by atoms with E-state index in [9.17, 15) is 19.5 Å². The Balaban J connectivity index is 1.19. The monoisotopic (exact) mass is 754 g/mol. The summed E-state index contributed by atoms with van der Waals surface area (Å²) in [7, 11) is 0. The van der Waals surface area contributed by atoms with Gasteiger partial charge in [-0.05, 0) is 93.2 Å². The average Bonchev–Trinajstić information content (AvgIpc) is 3.19. The Morgan fingerprint density at radius 2 is 1.60 bits per heavy atom. The lowest BCUT2D eigenvalue weighted by Gasteiger charge is -2.50. The van der Waals surface area contributed by atoms with Gasteiger partial charge in [-0.3, -0.25) is 14.5 Å². The molecule has 11 heteroatoms. The SMILES string of the molecule is CCOC(=O)CNC(=O)NCc1cccc(-c2ccc([C@@H]3O[C@H](CN4[C@@H](C(=O)NC(C)(C)C)CC[C@H]5CCCC[C@H]54)C[C@H](c4ccc(CO)cc4)O3)cc2)c1. The van der Waals surface area contributed by atoms with Gasteiger partial charge < -0.3 is 35.3 Å². The number of nitrogens with zero attached hydrogens (tertiary/aromatic N) is 1. The Bertz CT molecular complexity index is 1740. The standard InChI is InChI=1S/C44H58N4O7/c1-5-53-40(50)26-46-43(52)45-25-30-9-8-11-35(23-30)31-17-19-34(20-18-31)42-54-36(24-39(55-42)33-15-13-29(28-49)14-16-33)27-48-37-12-7-6-10-32(37)21-22-38(48)41(51)47-44(2,3)4/h8-9,11,13-20,23,32,36-39,42,49H,5-7,10,12,21-22,24-28H2,1-4H3,(H,47,51)(H2,45,46,52)/t32-,36+,37-,38-,39-,42-/m1/s1. The number of esters is 1. The van der Waals surface area contributed by atoms with Crippen LogP contribution < -0.4 is 16.0 Å². The number of carbonyl (C=O) groups is 3. The van der Waals surface area contributed by atoms with Crippen molar-refractivity contribution in [2.24, 2.45) is 5.92 Å². The molecule has 0 radical (unpaired) electrons. The van der Waals surface area contributed by atoms with Crippen LogP contribution in [0.25, 0.3) is 11.1 Å². The van der Waals surface area contributed by atoms with Crippen LogP contribution in [0.15, 0.2) is 72.8 Å². The van der Waals surface area contributed by atoms with Gasteiger partial charge in [0.25, 0.3) is 0 Å². The first-order chi connectivity index (χ1) is 26.5. The van der Waals surface area contributed by atoms with E-state index in [-0.39, 0.29) is 49.5 Å². The third-order valence-corrected chi connectivity index (χ3v) is 10.9. The molecule has 3 aromatic rings. The van der Waals surface area contributed by atoms with Gasteiger partial charge in [0.05, 0.1) is 31.5 Å². The number of hydrogen-bond acceptors (Lipinski definition) is 8. The molecule has 55 heavy (non-hydrogen) atoms. The number of benzene rings is 3. The van der Waals surface area contributed by atoms with Crippen molar-refractivity contribution < 1.29 is 33.7 Å². The molecule has 0 bridgehead atoms. The molecule has 0 aromatic heterocycles. The van der Waals surface area contributed by atoms with E-state index in [1.54, 1.807) is 6.92 Å². The van der Waals surface area contributed by atoms with Crippen molar-refractivity contribution in [3.8, 4) is 11.1 Å². The average molecular weight is 755 g/mol. The molecule has 6 rings (SSSR count). The number of nitrogens with one attached hydrogen (secondary N) is 3. The number of amides is 3. The molecule has 3 aliphatic rings. The van der Waals surface area contributed by atoms with Crippen LogP contribution in [0.4, 0.5) is 4.79 Å². The number of rotatable bonds is 12. The molecule has 6 atom stereocenters. The van der Waals surface area contributed by atoms with E-state index in [0.717, 1.165) is 52.6 Å². The van der Waals surface area contributed by atoms with Crippen molar-refractivity contribution in [2.75, 3.05) is 19.7 Å². The lowest BCUT2D eigenvalue weighted by atomic mass is 9.75. The summed E-state index contributed by atoms with van der Waals surface area (Å²) in [6, 6.07) is 23.8. The molecule has 3 aromatic carbocycles. The van der Waals surface area contributed by atoms with Gasteiger partial charge in [-0.2, -0.15) is 0 Å². The molecule has 2 aliphatic heterocycles. The van der Waals surface area contributed by atoms with Crippen LogP contribution >= 0.6 is 0 Å². The maximum atomic E-state index is 13.8. The summed E-state index contributed by atoms with van der Waals surface area (Å²) in [5.41, 5.74) is 5.38. The summed E-state index contributed by atoms with van der Waals surface area (Å²) in [6.07, 6.45) is 6.30. The number of fused-ring (bicyclic) bond motifs is 1. The molecule has 296 valence electrons. The minimum atomic E-state index is -0.618. The molecular formula is C44H58N4O7. The van der Waals surface area contributed by atoms with Gasteiger partial charge in [0.15, 0.2) is 6.29 Å². The molecule has 2 heterocycles. The number of piperidine rings is 1. The quantitative estimate of drug-likeness (QED) is 0.150. The van der Waals surface area contributed by atoms with E-state index in [0.29, 0.717) is 31.5 Å². The number of hydrogen-bond donors (Lipinski definition) is 4. The van der Waals surface area contributed by atoms with Crippen LogP contribution in [0.1, 0.15) is 107 Å². The maximum absolute atomic E-state index is 13.8. The van der Waals surface area contributed by atoms with Crippen molar-refractivity contribution in [3.63, 3.8) is 0 Å². The van der Waals surface area contributed by atoms with Crippen LogP contribution in [0.2, 0.25) is 0 Å². The van der Waals surface area contributed by atoms with Crippen LogP contribution in [0.3, 0.4) is 0 Å². The molecule has 0 spiro atoms. The Labute approximate surface area is 325 Å². The first-order valence-electron chi connectivity index (χ1n) is 19.9. The Morgan fingerprint density at radius 3 is 2.33 bits per heavy atom. The lowest BCUT2D eigenvalue weighted by Crippen LogP contribution is -2.61. The second-order valence-electron chi connectivity index (χ2n) is 16.2. The molecule has 3 fully saturated rings. The molecule has 1 saturated carbocycles. The fraction of sp³-hybridized carbons (Fsp3) is 0.523. The van der Waals surface area contributed by atoms with Gasteiger partial charge in [0, 0.05) is 36.7 Å². The third-order valence-electron chi connectivity index (χ3n) is 10.9. The highest BCUT2D eigenvalue weighted by atomic mass is 16.7. The normalized spacial score (nSPS) is 24.3. The zero-order valence-electron chi connectivity index (χ0n) is 32.7. The van der Waals surface area contributed by atoms with E-state index in [4.69, 9.17) is 14.2 Å². The van der Waals surface area contributed by atoms with Crippen molar-refractivity contribution in [3.05, 3.63) is 95.1 Å². The summed E-state index contributed by atoms with van der Waals surface area (Å²) in [5.74, 6) is 0.216. The number of carbonyl (C=O) groups excluding carboxylic acids is 3. The second kappa shape index (κ2) is 18.6. The zero-order chi connectivity index (χ0) is 39.0. The number of aliphatic hydroxyl groups excluding tert-OH is 1. The van der Waals surface area contributed by atoms with E-state index < -0.39 is 18.3 Å². The number of aliphatic hydroxyl groups is 1. The minimum Gasteiger partial charge on any atom is -0.465 e. The smallest absolute Gasteiger partial charge is 0.325 e. The molecule has 2 saturated heterocycles. The topological polar surface area (TPSA) is 138 Å². The summed E-state index contributed by atoms with van der Waals surface area (Å²) in [4.78, 5) is 40.1. The Kier molecular flexibility index (Phi) is 13.6. The Hall–Kier alpha value is -4.29. The van der Waals surface area contributed by atoms with Crippen molar-refractivity contribution in [2.45, 2.75) is 122 Å². The first-order valence-corrected chi connectivity index (χ1v) is 19.9. The molecule has 0 unspecified atom stereocenters. The number of ether oxygens (including phenoxy) is 3. The molecule has 1 aliphatic carbocycles. The minimum absolute atomic E-state index is 0.0199. The predicted octanol–water partition coefficient (Wildman–Crippen LogP) is 6.69. The highest BCUT2D eigenvalue weighted by molar-refractivity contribution is 5.82. The summed E-state index contributed by atoms with van der Waals surface area (Å²) in [5, 5.41) is 18.3. The fourth-order valence-corrected chi connectivity index (χ4v) is 8.30. The highest BCUT2D eigenvalue weighted by Gasteiger charge is 2.44. The first kappa shape index (κ1) is 40.4. The summed E-state index contributed by atoms with van der Waals surface area (Å²) in [6.45, 7) is 8.83. The molecule has 11 nitrogen and oxygen atoms in total. The van der Waals surface area contributed by atoms with Crippen LogP contribution in [0.5, 0.6) is 0 Å². The van der Waals surface area contributed by atoms with E-state index >= 15 is 0 Å². The van der Waals surface area contributed by atoms with Crippen molar-refractivity contribution in [1.82, 2.24) is 20.9 Å². The highest BCUT2D eigenvalue weighted by Crippen LogP contribution is 2.42. The van der Waals surface area contributed by atoms with Crippen molar-refractivity contribution in [1.29, 1.82) is 0 Å². The van der Waals surface area contributed by atoms with Gasteiger partial charge in [-0.1, -0.05) is 79.6 Å². The van der Waals surface area contributed by atoms with E-state index in [1.165, 1.54) is 19.3 Å². The fourth-order valence-electron chi connectivity index (χ4n) is 8.30. The lowest BCUT2D eigenvalue weighted by molar-refractivity contribution is -0.255. The number of likely N-dealkylation sites (tertiary alicyclic amines) is 1. The van der Waals surface area contributed by atoms with Gasteiger partial charge >= 0.3 is 12.0 Å². The van der Waals surface area contributed by atoms with Crippen LogP contribution in [-0.2, 0) is 37.0 Å². The number of urea groups is 1. The van der Waals surface area contributed by atoms with E-state index in [1.807, 2.05) is 81.4 Å². The van der Waals surface area contributed by atoms with Gasteiger partial charge in [-0.15, -0.1) is 0 Å². The second-order valence-corrected chi connectivity index (χ2v) is 16.2. The van der Waals surface area contributed by atoms with Crippen LogP contribution in [0, 0.1) is 5.92 Å². The van der Waals surface area contributed by atoms with E-state index in [2.05, 4.69) is 33.0 Å². The Morgan fingerprint density at radius 1 is 0.855 bits per heavy atom. The maximum Gasteiger partial charge on any atom is 0.325 e. The summed E-state index contributed by atoms with van der Waals surface area (Å²) < 4.78 is 18.4. The molecule has 4 N–H and O–H groups in total. The van der Waals surface area contributed by atoms with Crippen LogP contribution in [-0.4, -0.2) is 71.3 Å². The summed E-state index contributed by atoms with van der Waals surface area (Å²) >= 11 is 0. The molecule has 3 amide bonds. The predicted molar refractivity (Wildman–Crippen MR) is 211 cm³/mol. The van der Waals surface area contributed by atoms with Crippen molar-refractivity contribution >= 4 is 17.9 Å². The largest absolute Gasteiger partial charge is 0.465 e. The van der Waals surface area contributed by atoms with Gasteiger partial charge in [-0.25, -0.2) is 4.79 Å². The third kappa shape index (κ3) is 10.9. The van der Waals surface area contributed by atoms with Gasteiger partial charge in [0.2, 0.25) is 5.91 Å². The molecular weight excluding hydrogens is 697 g/mol. The zero-order valence-corrected chi connectivity index (χ0v) is 32.7.